The van der Waals surface area contributed by atoms with Gasteiger partial charge in [-0.25, -0.2) is 0 Å². The molecule has 0 aromatic heterocycles. The van der Waals surface area contributed by atoms with Gasteiger partial charge in [-0.3, -0.25) is 0 Å². The molecule has 0 saturated carbocycles. The average molecular weight is 292 g/mol. The molecule has 1 aromatic rings. The quantitative estimate of drug-likeness (QED) is 0.667. The van der Waals surface area contributed by atoms with Gasteiger partial charge in [0.15, 0.2) is 0 Å². The number of nitrogens with zero attached hydrogens (tertiary/aromatic N) is 1. The van der Waals surface area contributed by atoms with Gasteiger partial charge in [0.2, 0.25) is 0 Å². The molecule has 0 unspecified atom stereocenters. The highest BCUT2D eigenvalue weighted by Crippen LogP contribution is 2.21. The van der Waals surface area contributed by atoms with Crippen LogP contribution in [0.15, 0.2) is 18.2 Å². The molecule has 3 heteroatoms. The third-order valence-electron chi connectivity index (χ3n) is 3.57. The molecule has 0 aliphatic carbocycles. The second-order valence-electron chi connectivity index (χ2n) is 5.92. The Morgan fingerprint density at radius 1 is 1.24 bits per heavy atom. The van der Waals surface area contributed by atoms with Crippen molar-refractivity contribution in [1.82, 2.24) is 5.32 Å². The molecular formula is C18H32N2O. The van der Waals surface area contributed by atoms with Gasteiger partial charge < -0.3 is 15.0 Å². The maximum Gasteiger partial charge on any atom is 0.0641 e. The van der Waals surface area contributed by atoms with Crippen molar-refractivity contribution in [3.05, 3.63) is 29.3 Å². The number of anilines is 1. The van der Waals surface area contributed by atoms with Gasteiger partial charge in [0.1, 0.15) is 0 Å². The van der Waals surface area contributed by atoms with Crippen LogP contribution < -0.4 is 10.2 Å². The maximum atomic E-state index is 5.47. The van der Waals surface area contributed by atoms with Gasteiger partial charge in [-0.15, -0.1) is 0 Å². The van der Waals surface area contributed by atoms with E-state index < -0.39 is 0 Å². The molecule has 0 saturated heterocycles. The van der Waals surface area contributed by atoms with Crippen LogP contribution in [0.3, 0.4) is 0 Å². The van der Waals surface area contributed by atoms with Crippen molar-refractivity contribution in [2.45, 2.75) is 41.2 Å². The number of ether oxygens (including phenoxy) is 1. The highest BCUT2D eigenvalue weighted by atomic mass is 16.5. The van der Waals surface area contributed by atoms with Crippen molar-refractivity contribution >= 4 is 5.69 Å². The molecule has 0 spiro atoms. The lowest BCUT2D eigenvalue weighted by atomic mass is 10.1. The zero-order chi connectivity index (χ0) is 15.7. The summed E-state index contributed by atoms with van der Waals surface area (Å²) in [4.78, 5) is 2.39. The topological polar surface area (TPSA) is 24.5 Å². The van der Waals surface area contributed by atoms with E-state index in [1.807, 2.05) is 6.92 Å². The van der Waals surface area contributed by atoms with Gasteiger partial charge in [0.25, 0.3) is 0 Å². The highest BCUT2D eigenvalue weighted by Gasteiger charge is 2.08. The number of hydrogen-bond acceptors (Lipinski definition) is 3. The number of hydrogen-bond donors (Lipinski definition) is 1. The summed E-state index contributed by atoms with van der Waals surface area (Å²) in [5.41, 5.74) is 4.03. The van der Waals surface area contributed by atoms with E-state index in [2.05, 4.69) is 56.1 Å². The summed E-state index contributed by atoms with van der Waals surface area (Å²) >= 11 is 0. The van der Waals surface area contributed by atoms with Crippen molar-refractivity contribution in [2.75, 3.05) is 37.7 Å². The van der Waals surface area contributed by atoms with Gasteiger partial charge in [-0.05, 0) is 50.4 Å². The Morgan fingerprint density at radius 2 is 2.00 bits per heavy atom. The van der Waals surface area contributed by atoms with E-state index in [1.54, 1.807) is 0 Å². The summed E-state index contributed by atoms with van der Waals surface area (Å²) in [5, 5.41) is 3.50. The van der Waals surface area contributed by atoms with Crippen LogP contribution in [0.1, 0.15) is 38.8 Å². The van der Waals surface area contributed by atoms with Crippen LogP contribution in [-0.2, 0) is 11.3 Å². The number of benzene rings is 1. The van der Waals surface area contributed by atoms with E-state index in [4.69, 9.17) is 4.74 Å². The van der Waals surface area contributed by atoms with E-state index in [9.17, 15) is 0 Å². The van der Waals surface area contributed by atoms with E-state index in [0.29, 0.717) is 5.92 Å². The molecule has 0 atom stereocenters. The first-order valence-corrected chi connectivity index (χ1v) is 8.21. The highest BCUT2D eigenvalue weighted by molar-refractivity contribution is 5.54. The van der Waals surface area contributed by atoms with Crippen LogP contribution in [0, 0.1) is 12.8 Å². The maximum absolute atomic E-state index is 5.47. The Morgan fingerprint density at radius 3 is 2.57 bits per heavy atom. The molecular weight excluding hydrogens is 260 g/mol. The number of aryl methyl sites for hydroxylation is 1. The monoisotopic (exact) mass is 292 g/mol. The molecule has 1 rings (SSSR count). The van der Waals surface area contributed by atoms with Crippen molar-refractivity contribution in [2.24, 2.45) is 5.92 Å². The molecule has 0 amide bonds. The zero-order valence-corrected chi connectivity index (χ0v) is 14.4. The van der Waals surface area contributed by atoms with Crippen LogP contribution >= 0.6 is 0 Å². The van der Waals surface area contributed by atoms with Gasteiger partial charge in [0.05, 0.1) is 6.61 Å². The lowest BCUT2D eigenvalue weighted by molar-refractivity contribution is 0.154. The molecule has 1 N–H and O–H groups in total. The Kier molecular flexibility index (Phi) is 8.40. The summed E-state index contributed by atoms with van der Waals surface area (Å²) in [6.45, 7) is 16.5. The molecule has 0 heterocycles. The second-order valence-corrected chi connectivity index (χ2v) is 5.92. The van der Waals surface area contributed by atoms with Crippen molar-refractivity contribution in [1.29, 1.82) is 0 Å². The predicted octanol–water partition coefficient (Wildman–Crippen LogP) is 3.60. The normalized spacial score (nSPS) is 11.1. The lowest BCUT2D eigenvalue weighted by Crippen LogP contribution is -2.28. The van der Waals surface area contributed by atoms with Crippen LogP contribution in [0.4, 0.5) is 5.69 Å². The van der Waals surface area contributed by atoms with Gasteiger partial charge in [0, 0.05) is 31.9 Å². The first-order valence-electron chi connectivity index (χ1n) is 8.21. The minimum absolute atomic E-state index is 0.694. The molecule has 3 nitrogen and oxygen atoms in total. The Bertz CT molecular complexity index is 404. The Labute approximate surface area is 130 Å². The Balaban J connectivity index is 2.62. The summed E-state index contributed by atoms with van der Waals surface area (Å²) in [6, 6.07) is 6.78. The first kappa shape index (κ1) is 18.0. The van der Waals surface area contributed by atoms with E-state index in [1.165, 1.54) is 16.8 Å². The minimum atomic E-state index is 0.694. The Hall–Kier alpha value is -1.06. The smallest absolute Gasteiger partial charge is 0.0641 e. The van der Waals surface area contributed by atoms with Crippen molar-refractivity contribution < 1.29 is 4.74 Å². The third-order valence-corrected chi connectivity index (χ3v) is 3.57. The lowest BCUT2D eigenvalue weighted by Gasteiger charge is -2.25. The van der Waals surface area contributed by atoms with Crippen molar-refractivity contribution in [3.63, 3.8) is 0 Å². The fraction of sp³-hybridized carbons (Fsp3) is 0.667. The largest absolute Gasteiger partial charge is 0.380 e. The number of rotatable bonds is 10. The molecule has 21 heavy (non-hydrogen) atoms. The molecule has 0 bridgehead atoms. The third kappa shape index (κ3) is 6.49. The van der Waals surface area contributed by atoms with E-state index in [0.717, 1.165) is 39.4 Å². The number of nitrogens with one attached hydrogen (secondary N) is 1. The molecule has 0 radical (unpaired) electrons. The second kappa shape index (κ2) is 9.80. The summed E-state index contributed by atoms with van der Waals surface area (Å²) in [6.07, 6.45) is 0. The van der Waals surface area contributed by atoms with Crippen LogP contribution in [0.5, 0.6) is 0 Å². The molecule has 0 aliphatic heterocycles. The van der Waals surface area contributed by atoms with Crippen molar-refractivity contribution in [3.8, 4) is 0 Å². The molecule has 0 aliphatic rings. The zero-order valence-electron chi connectivity index (χ0n) is 14.4. The minimum Gasteiger partial charge on any atom is -0.380 e. The molecule has 1 aromatic carbocycles. The number of likely N-dealkylation sites (N-methyl/N-ethyl adjacent to an activating group) is 1. The predicted molar refractivity (Wildman–Crippen MR) is 92.1 cm³/mol. The summed E-state index contributed by atoms with van der Waals surface area (Å²) in [7, 11) is 0. The van der Waals surface area contributed by atoms with Crippen LogP contribution in [0.25, 0.3) is 0 Å². The van der Waals surface area contributed by atoms with Crippen LogP contribution in [-0.4, -0.2) is 32.8 Å². The fourth-order valence-corrected chi connectivity index (χ4v) is 2.46. The van der Waals surface area contributed by atoms with Gasteiger partial charge in [-0.2, -0.15) is 0 Å². The summed E-state index contributed by atoms with van der Waals surface area (Å²) < 4.78 is 5.47. The fourth-order valence-electron chi connectivity index (χ4n) is 2.46. The SMILES string of the molecule is CCOCCN(CC)c1ccc(CNCC(C)C)cc1C. The van der Waals surface area contributed by atoms with E-state index in [-0.39, 0.29) is 0 Å². The molecule has 120 valence electrons. The van der Waals surface area contributed by atoms with Gasteiger partial charge >= 0.3 is 0 Å². The summed E-state index contributed by atoms with van der Waals surface area (Å²) in [5.74, 6) is 0.694. The van der Waals surface area contributed by atoms with E-state index >= 15 is 0 Å². The first-order chi connectivity index (χ1) is 10.1. The molecule has 0 fully saturated rings. The average Bonchev–Trinajstić information content (AvgIpc) is 2.44. The van der Waals surface area contributed by atoms with Crippen LogP contribution in [0.2, 0.25) is 0 Å². The standard InChI is InChI=1S/C18H32N2O/c1-6-20(10-11-21-7-2)18-9-8-17(12-16(18)5)14-19-13-15(3)4/h8-9,12,15,19H,6-7,10-11,13-14H2,1-5H3. The van der Waals surface area contributed by atoms with Gasteiger partial charge in [-0.1, -0.05) is 26.0 Å².